The standard InChI is InChI=1S/C44H36N10O4/c1-55-29-13-5-9-25(19-29)37-17-18-38(45-37)33-23-35(43-47-40(50-53-43)27-11-7-15-31(21-27)57-3)36(44-48-41(51-54-44)28-12-8-16-32(22-28)58-4)24-34(33)42-46-39(49-52-42)26-10-6-14-30(20-26)56-2/h5-24,45H,1-4H3,(H,46,49,52)(H,47,50,53)(H,48,51,54). The van der Waals surface area contributed by atoms with Crippen molar-refractivity contribution >= 4 is 0 Å². The molecule has 286 valence electrons. The van der Waals surface area contributed by atoms with Gasteiger partial charge in [0.2, 0.25) is 0 Å². The van der Waals surface area contributed by atoms with Crippen molar-refractivity contribution in [3.05, 3.63) is 121 Å². The molecule has 58 heavy (non-hydrogen) atoms. The number of nitrogens with one attached hydrogen (secondary N) is 4. The van der Waals surface area contributed by atoms with E-state index in [1.54, 1.807) is 28.4 Å². The minimum Gasteiger partial charge on any atom is -0.497 e. The molecular weight excluding hydrogens is 733 g/mol. The fourth-order valence-corrected chi connectivity index (χ4v) is 6.75. The van der Waals surface area contributed by atoms with Gasteiger partial charge < -0.3 is 28.9 Å². The molecule has 0 aliphatic rings. The maximum atomic E-state index is 5.52. The first kappa shape index (κ1) is 35.7. The summed E-state index contributed by atoms with van der Waals surface area (Å²) in [5, 5.41) is 24.9. The molecule has 4 heterocycles. The number of benzene rings is 5. The van der Waals surface area contributed by atoms with Crippen molar-refractivity contribution in [2.24, 2.45) is 0 Å². The number of methoxy groups -OCH3 is 4. The molecule has 4 N–H and O–H groups in total. The first-order valence-electron chi connectivity index (χ1n) is 18.2. The Morgan fingerprint density at radius 1 is 0.379 bits per heavy atom. The summed E-state index contributed by atoms with van der Waals surface area (Å²) in [6.45, 7) is 0. The first-order chi connectivity index (χ1) is 28.5. The Balaban J connectivity index is 1.25. The zero-order valence-electron chi connectivity index (χ0n) is 31.9. The predicted molar refractivity (Wildman–Crippen MR) is 220 cm³/mol. The van der Waals surface area contributed by atoms with Crippen molar-refractivity contribution in [2.75, 3.05) is 28.4 Å². The van der Waals surface area contributed by atoms with Gasteiger partial charge in [-0.15, -0.1) is 10.2 Å². The van der Waals surface area contributed by atoms with Crippen LogP contribution in [0.4, 0.5) is 0 Å². The summed E-state index contributed by atoms with van der Waals surface area (Å²) in [4.78, 5) is 17.1. The van der Waals surface area contributed by atoms with E-state index in [2.05, 4.69) is 40.6 Å². The summed E-state index contributed by atoms with van der Waals surface area (Å²) < 4.78 is 22.0. The van der Waals surface area contributed by atoms with Crippen molar-refractivity contribution in [1.29, 1.82) is 0 Å². The Labute approximate surface area is 332 Å². The zero-order valence-corrected chi connectivity index (χ0v) is 31.9. The van der Waals surface area contributed by atoms with Crippen molar-refractivity contribution in [2.45, 2.75) is 0 Å². The minimum absolute atomic E-state index is 0.493. The van der Waals surface area contributed by atoms with E-state index in [1.165, 1.54) is 0 Å². The fraction of sp³-hybridized carbons (Fsp3) is 0.0909. The van der Waals surface area contributed by atoms with Crippen LogP contribution in [-0.4, -0.2) is 79.0 Å². The van der Waals surface area contributed by atoms with Crippen LogP contribution in [0.25, 0.3) is 90.8 Å². The van der Waals surface area contributed by atoms with Gasteiger partial charge in [-0.2, -0.15) is 10.2 Å². The van der Waals surface area contributed by atoms with Gasteiger partial charge in [0.25, 0.3) is 0 Å². The Hall–Kier alpha value is -8.00. The van der Waals surface area contributed by atoms with Gasteiger partial charge in [0.1, 0.15) is 23.0 Å². The lowest BCUT2D eigenvalue weighted by molar-refractivity contribution is 0.415. The van der Waals surface area contributed by atoms with E-state index in [9.17, 15) is 0 Å². The van der Waals surface area contributed by atoms with Crippen LogP contribution < -0.4 is 18.9 Å². The number of hydrogen-bond acceptors (Lipinski definition) is 10. The average Bonchev–Trinajstić information content (AvgIpc) is 4.14. The third kappa shape index (κ3) is 6.90. The highest BCUT2D eigenvalue weighted by molar-refractivity contribution is 5.92. The Bertz CT molecular complexity index is 2500. The highest BCUT2D eigenvalue weighted by Crippen LogP contribution is 2.41. The number of hydrogen-bond donors (Lipinski definition) is 4. The number of nitrogens with zero attached hydrogens (tertiary/aromatic N) is 6. The molecule has 9 aromatic rings. The minimum atomic E-state index is 0.493. The van der Waals surface area contributed by atoms with Crippen LogP contribution in [0, 0.1) is 0 Å². The molecule has 0 bridgehead atoms. The van der Waals surface area contributed by atoms with Crippen molar-refractivity contribution in [3.63, 3.8) is 0 Å². The molecule has 9 rings (SSSR count). The first-order valence-corrected chi connectivity index (χ1v) is 18.2. The van der Waals surface area contributed by atoms with Gasteiger partial charge in [-0.3, -0.25) is 10.2 Å². The van der Waals surface area contributed by atoms with Crippen molar-refractivity contribution < 1.29 is 18.9 Å². The molecule has 0 aliphatic carbocycles. The molecule has 0 fully saturated rings. The number of aromatic nitrogens is 10. The molecule has 4 aromatic heterocycles. The van der Waals surface area contributed by atoms with E-state index in [0.717, 1.165) is 50.5 Å². The lowest BCUT2D eigenvalue weighted by atomic mass is 9.95. The molecule has 0 saturated heterocycles. The number of aromatic amines is 4. The van der Waals surface area contributed by atoms with Crippen LogP contribution in [0.15, 0.2) is 121 Å². The predicted octanol–water partition coefficient (Wildman–Crippen LogP) is 8.74. The summed E-state index contributed by atoms with van der Waals surface area (Å²) in [6, 6.07) is 38.9. The second-order valence-electron chi connectivity index (χ2n) is 13.2. The highest BCUT2D eigenvalue weighted by atomic mass is 16.5. The Morgan fingerprint density at radius 3 is 1.38 bits per heavy atom. The topological polar surface area (TPSA) is 177 Å². The Kier molecular flexibility index (Phi) is 9.39. The molecule has 14 heteroatoms. The van der Waals surface area contributed by atoms with Gasteiger partial charge >= 0.3 is 0 Å². The zero-order chi connectivity index (χ0) is 39.6. The third-order valence-corrected chi connectivity index (χ3v) is 9.74. The molecule has 14 nitrogen and oxygen atoms in total. The summed E-state index contributed by atoms with van der Waals surface area (Å²) in [6.07, 6.45) is 0. The van der Waals surface area contributed by atoms with E-state index >= 15 is 0 Å². The average molecular weight is 769 g/mol. The van der Waals surface area contributed by atoms with Gasteiger partial charge in [-0.05, 0) is 72.8 Å². The maximum absolute atomic E-state index is 5.52. The summed E-state index contributed by atoms with van der Waals surface area (Å²) in [5.74, 6) is 5.95. The van der Waals surface area contributed by atoms with Gasteiger partial charge in [-0.25, -0.2) is 9.97 Å². The molecule has 0 aliphatic heterocycles. The number of H-pyrrole nitrogens is 4. The molecule has 0 amide bonds. The highest BCUT2D eigenvalue weighted by Gasteiger charge is 2.24. The monoisotopic (exact) mass is 768 g/mol. The van der Waals surface area contributed by atoms with E-state index in [4.69, 9.17) is 28.9 Å². The SMILES string of the molecule is COc1cccc(-c2n[nH]c(-c3cc(-c4nc(-c5cccc(OC)c5)n[nH]4)c(-c4nnc(-c5cccc(OC)c5)[nH]4)cc3-c3ccc(-c4cccc(OC)c4)[nH]3)n2)c1. The number of rotatable bonds is 12. The summed E-state index contributed by atoms with van der Waals surface area (Å²) in [5.41, 5.74) is 8.04. The third-order valence-electron chi connectivity index (χ3n) is 9.74. The molecule has 5 aromatic carbocycles. The molecule has 0 spiro atoms. The van der Waals surface area contributed by atoms with Crippen LogP contribution in [-0.2, 0) is 0 Å². The molecule has 0 radical (unpaired) electrons. The molecule has 0 saturated carbocycles. The lowest BCUT2D eigenvalue weighted by Gasteiger charge is -2.13. The van der Waals surface area contributed by atoms with Crippen LogP contribution >= 0.6 is 0 Å². The lowest BCUT2D eigenvalue weighted by Crippen LogP contribution is -1.96. The van der Waals surface area contributed by atoms with E-state index in [1.807, 2.05) is 121 Å². The van der Waals surface area contributed by atoms with E-state index < -0.39 is 0 Å². The fourth-order valence-electron chi connectivity index (χ4n) is 6.75. The molecular formula is C44H36N10O4. The van der Waals surface area contributed by atoms with Crippen LogP contribution in [0.1, 0.15) is 0 Å². The van der Waals surface area contributed by atoms with Gasteiger partial charge in [0, 0.05) is 55.9 Å². The van der Waals surface area contributed by atoms with Crippen LogP contribution in [0.3, 0.4) is 0 Å². The quantitative estimate of drug-likeness (QED) is 0.0940. The largest absolute Gasteiger partial charge is 0.497 e. The van der Waals surface area contributed by atoms with Gasteiger partial charge in [0.15, 0.2) is 34.9 Å². The number of ether oxygens (including phenoxy) is 4. The van der Waals surface area contributed by atoms with Crippen LogP contribution in [0.2, 0.25) is 0 Å². The van der Waals surface area contributed by atoms with Gasteiger partial charge in [-0.1, -0.05) is 48.5 Å². The van der Waals surface area contributed by atoms with Crippen molar-refractivity contribution in [3.8, 4) is 114 Å². The van der Waals surface area contributed by atoms with Crippen molar-refractivity contribution in [1.82, 2.24) is 50.5 Å². The van der Waals surface area contributed by atoms with E-state index in [0.29, 0.717) is 63.3 Å². The Morgan fingerprint density at radius 2 is 0.810 bits per heavy atom. The normalized spacial score (nSPS) is 11.1. The second-order valence-corrected chi connectivity index (χ2v) is 13.2. The molecule has 0 unspecified atom stereocenters. The smallest absolute Gasteiger partial charge is 0.181 e. The summed E-state index contributed by atoms with van der Waals surface area (Å²) in [7, 11) is 6.54. The van der Waals surface area contributed by atoms with E-state index in [-0.39, 0.29) is 0 Å². The summed E-state index contributed by atoms with van der Waals surface area (Å²) >= 11 is 0. The maximum Gasteiger partial charge on any atom is 0.181 e. The van der Waals surface area contributed by atoms with Crippen LogP contribution in [0.5, 0.6) is 23.0 Å². The van der Waals surface area contributed by atoms with Gasteiger partial charge in [0.05, 0.1) is 28.4 Å². The molecule has 0 atom stereocenters. The second kappa shape index (κ2) is 15.3.